The largest absolute Gasteiger partial charge is 0.416 e. The van der Waals surface area contributed by atoms with Crippen molar-refractivity contribution in [1.29, 1.82) is 0 Å². The molecule has 0 aromatic heterocycles. The van der Waals surface area contributed by atoms with Gasteiger partial charge in [-0.3, -0.25) is 9.52 Å². The van der Waals surface area contributed by atoms with Gasteiger partial charge in [-0.15, -0.1) is 0 Å². The maximum atomic E-state index is 12.7. The summed E-state index contributed by atoms with van der Waals surface area (Å²) in [6.45, 7) is 0.634. The van der Waals surface area contributed by atoms with E-state index in [0.717, 1.165) is 41.9 Å². The predicted molar refractivity (Wildman–Crippen MR) is 93.1 cm³/mol. The van der Waals surface area contributed by atoms with Crippen LogP contribution in [0.5, 0.6) is 0 Å². The molecule has 1 N–H and O–H groups in total. The Bertz CT molecular complexity index is 1030. The highest BCUT2D eigenvalue weighted by molar-refractivity contribution is 7.92. The van der Waals surface area contributed by atoms with Gasteiger partial charge in [0.2, 0.25) is 5.91 Å². The number of carbonyl (C=O) groups excluding carboxylic acids is 1. The summed E-state index contributed by atoms with van der Waals surface area (Å²) in [7, 11) is -3.99. The molecule has 2 aromatic carbocycles. The number of nitrogens with one attached hydrogen (secondary N) is 1. The molecule has 0 radical (unpaired) electrons. The maximum absolute atomic E-state index is 12.7. The number of anilines is 2. The Labute approximate surface area is 153 Å². The number of aryl methyl sites for hydroxylation is 1. The molecule has 27 heavy (non-hydrogen) atoms. The first-order chi connectivity index (χ1) is 12.6. The van der Waals surface area contributed by atoms with Crippen molar-refractivity contribution in [1.82, 2.24) is 0 Å². The van der Waals surface area contributed by atoms with Crippen molar-refractivity contribution in [3.8, 4) is 0 Å². The highest BCUT2D eigenvalue weighted by atomic mass is 32.2. The van der Waals surface area contributed by atoms with Crippen molar-refractivity contribution in [2.45, 2.75) is 30.3 Å². The average Bonchev–Trinajstić information content (AvgIpc) is 2.92. The van der Waals surface area contributed by atoms with Crippen LogP contribution in [0.25, 0.3) is 0 Å². The number of hydrogen-bond acceptors (Lipinski definition) is 3. The summed E-state index contributed by atoms with van der Waals surface area (Å²) in [6.07, 6.45) is -2.89. The first-order valence-corrected chi connectivity index (χ1v) is 9.80. The Morgan fingerprint density at radius 2 is 1.70 bits per heavy atom. The molecule has 1 amide bonds. The Kier molecular flexibility index (Phi) is 3.95. The highest BCUT2D eigenvalue weighted by Crippen LogP contribution is 2.39. The summed E-state index contributed by atoms with van der Waals surface area (Å²) in [6, 6.07) is 6.79. The van der Waals surface area contributed by atoms with Gasteiger partial charge in [0.25, 0.3) is 10.0 Å². The van der Waals surface area contributed by atoms with Gasteiger partial charge in [-0.05, 0) is 60.4 Å². The molecule has 2 aromatic rings. The first kappa shape index (κ1) is 17.8. The van der Waals surface area contributed by atoms with Crippen molar-refractivity contribution in [3.63, 3.8) is 0 Å². The second-order valence-electron chi connectivity index (χ2n) is 6.60. The van der Waals surface area contributed by atoms with Crippen molar-refractivity contribution in [2.75, 3.05) is 16.2 Å². The summed E-state index contributed by atoms with van der Waals surface area (Å²) in [5, 5.41) is 0. The number of halogens is 3. The van der Waals surface area contributed by atoms with E-state index in [0.29, 0.717) is 18.5 Å². The Hall–Kier alpha value is -2.55. The molecule has 2 heterocycles. The highest BCUT2D eigenvalue weighted by Gasteiger charge is 2.34. The Morgan fingerprint density at radius 3 is 2.37 bits per heavy atom. The van der Waals surface area contributed by atoms with Crippen molar-refractivity contribution in [2.24, 2.45) is 0 Å². The van der Waals surface area contributed by atoms with E-state index in [1.165, 1.54) is 12.1 Å². The molecule has 2 aliphatic rings. The van der Waals surface area contributed by atoms with Crippen molar-refractivity contribution >= 4 is 27.3 Å². The van der Waals surface area contributed by atoms with Crippen LogP contribution in [0.2, 0.25) is 0 Å². The molecule has 9 heteroatoms. The monoisotopic (exact) mass is 396 g/mol. The fourth-order valence-electron chi connectivity index (χ4n) is 3.54. The van der Waals surface area contributed by atoms with Gasteiger partial charge >= 0.3 is 6.18 Å². The van der Waals surface area contributed by atoms with Crippen LogP contribution in [0.1, 0.15) is 23.1 Å². The van der Waals surface area contributed by atoms with Crippen molar-refractivity contribution < 1.29 is 26.4 Å². The van der Waals surface area contributed by atoms with Crippen LogP contribution in [-0.2, 0) is 33.8 Å². The molecule has 0 atom stereocenters. The summed E-state index contributed by atoms with van der Waals surface area (Å²) in [5.41, 5.74) is 1.46. The van der Waals surface area contributed by atoms with Gasteiger partial charge in [0, 0.05) is 12.2 Å². The fraction of sp³-hybridized carbons (Fsp3) is 0.278. The van der Waals surface area contributed by atoms with Crippen LogP contribution in [0.15, 0.2) is 41.3 Å². The van der Waals surface area contributed by atoms with E-state index in [1.807, 2.05) is 0 Å². The fourth-order valence-corrected chi connectivity index (χ4v) is 4.70. The molecule has 0 aliphatic carbocycles. The van der Waals surface area contributed by atoms with Gasteiger partial charge in [0.15, 0.2) is 0 Å². The summed E-state index contributed by atoms with van der Waals surface area (Å²) in [5.74, 6) is -0.0452. The number of hydrogen-bond donors (Lipinski definition) is 1. The predicted octanol–water partition coefficient (Wildman–Crippen LogP) is 3.34. The van der Waals surface area contributed by atoms with E-state index in [1.54, 1.807) is 4.90 Å². The summed E-state index contributed by atoms with van der Waals surface area (Å²) >= 11 is 0. The molecular formula is C18H15F3N2O3S. The standard InChI is InChI=1S/C18H15F3N2O3S/c19-18(20,21)13-3-5-14(6-4-13)22-27(25,26)15-8-11-2-1-7-23-16(24)10-12(9-15)17(11)23/h3-6,8-9,22H,1-2,7,10H2. The molecule has 0 fully saturated rings. The molecule has 0 unspecified atom stereocenters. The van der Waals surface area contributed by atoms with E-state index in [-0.39, 0.29) is 22.9 Å². The number of benzene rings is 2. The second kappa shape index (κ2) is 5.98. The molecule has 142 valence electrons. The molecular weight excluding hydrogens is 381 g/mol. The zero-order valence-electron chi connectivity index (χ0n) is 14.0. The minimum atomic E-state index is -4.49. The molecule has 0 saturated carbocycles. The quantitative estimate of drug-likeness (QED) is 0.865. The van der Waals surface area contributed by atoms with Gasteiger partial charge in [0.05, 0.1) is 22.6 Å². The number of alkyl halides is 3. The number of rotatable bonds is 3. The van der Waals surface area contributed by atoms with Crippen LogP contribution >= 0.6 is 0 Å². The lowest BCUT2D eigenvalue weighted by molar-refractivity contribution is -0.137. The number of amides is 1. The Balaban J connectivity index is 1.66. The van der Waals surface area contributed by atoms with E-state index < -0.39 is 21.8 Å². The van der Waals surface area contributed by atoms with E-state index >= 15 is 0 Å². The van der Waals surface area contributed by atoms with Gasteiger partial charge in [-0.25, -0.2) is 8.42 Å². The van der Waals surface area contributed by atoms with Crippen LogP contribution in [0.4, 0.5) is 24.5 Å². The van der Waals surface area contributed by atoms with Gasteiger partial charge in [0.1, 0.15) is 0 Å². The van der Waals surface area contributed by atoms with E-state index in [2.05, 4.69) is 4.72 Å². The molecule has 4 rings (SSSR count). The lowest BCUT2D eigenvalue weighted by Crippen LogP contribution is -2.31. The molecule has 2 aliphatic heterocycles. The number of carbonyl (C=O) groups is 1. The number of nitrogens with zero attached hydrogens (tertiary/aromatic N) is 1. The SMILES string of the molecule is O=C1Cc2cc(S(=O)(=O)Nc3ccc(C(F)(F)F)cc3)cc3c2N1CCC3. The lowest BCUT2D eigenvalue weighted by atomic mass is 10.0. The van der Waals surface area contributed by atoms with E-state index in [9.17, 15) is 26.4 Å². The van der Waals surface area contributed by atoms with Crippen LogP contribution in [-0.4, -0.2) is 20.9 Å². The molecule has 0 saturated heterocycles. The molecule has 5 nitrogen and oxygen atoms in total. The van der Waals surface area contributed by atoms with Gasteiger partial charge < -0.3 is 4.90 Å². The molecule has 0 bridgehead atoms. The second-order valence-corrected chi connectivity index (χ2v) is 8.28. The third kappa shape index (κ3) is 3.16. The van der Waals surface area contributed by atoms with Gasteiger partial charge in [-0.1, -0.05) is 0 Å². The minimum Gasteiger partial charge on any atom is -0.312 e. The minimum absolute atomic E-state index is 0.00713. The summed E-state index contributed by atoms with van der Waals surface area (Å²) in [4.78, 5) is 13.8. The topological polar surface area (TPSA) is 66.5 Å². The third-order valence-electron chi connectivity index (χ3n) is 4.76. The van der Waals surface area contributed by atoms with Crippen LogP contribution in [0, 0.1) is 0 Å². The van der Waals surface area contributed by atoms with Crippen LogP contribution < -0.4 is 9.62 Å². The van der Waals surface area contributed by atoms with Crippen molar-refractivity contribution in [3.05, 3.63) is 53.1 Å². The van der Waals surface area contributed by atoms with E-state index in [4.69, 9.17) is 0 Å². The van der Waals surface area contributed by atoms with Gasteiger partial charge in [-0.2, -0.15) is 13.2 Å². The Morgan fingerprint density at radius 1 is 1.04 bits per heavy atom. The zero-order valence-corrected chi connectivity index (χ0v) is 14.8. The normalized spacial score (nSPS) is 16.4. The lowest BCUT2D eigenvalue weighted by Gasteiger charge is -2.26. The third-order valence-corrected chi connectivity index (χ3v) is 6.12. The smallest absolute Gasteiger partial charge is 0.312 e. The maximum Gasteiger partial charge on any atom is 0.416 e. The van der Waals surface area contributed by atoms with Crippen LogP contribution in [0.3, 0.4) is 0 Å². The zero-order chi connectivity index (χ0) is 19.4. The first-order valence-electron chi connectivity index (χ1n) is 8.31. The summed E-state index contributed by atoms with van der Waals surface area (Å²) < 4.78 is 65.6. The molecule has 0 spiro atoms. The average molecular weight is 396 g/mol. The number of sulfonamides is 1.